The van der Waals surface area contributed by atoms with Gasteiger partial charge in [-0.3, -0.25) is 19.9 Å². The Kier molecular flexibility index (Phi) is 10.4. The van der Waals surface area contributed by atoms with Crippen LogP contribution < -0.4 is 0 Å². The number of hydrogen-bond donors (Lipinski definition) is 0. The van der Waals surface area contributed by atoms with Crippen LogP contribution in [0, 0.1) is 0 Å². The lowest BCUT2D eigenvalue weighted by Gasteiger charge is -2.13. The van der Waals surface area contributed by atoms with E-state index >= 15 is 0 Å². The van der Waals surface area contributed by atoms with Crippen molar-refractivity contribution >= 4 is 43.6 Å². The van der Waals surface area contributed by atoms with E-state index in [0.717, 1.165) is 94.9 Å². The fourth-order valence-electron chi connectivity index (χ4n) is 10.7. The molecule has 0 fully saturated rings. The molecule has 0 N–H and O–H groups in total. The summed E-state index contributed by atoms with van der Waals surface area (Å²) < 4.78 is 4.77. The molecule has 0 aliphatic carbocycles. The van der Waals surface area contributed by atoms with Crippen LogP contribution in [0.15, 0.2) is 262 Å². The second-order valence-corrected chi connectivity index (χ2v) is 18.6. The number of fused-ring (bicyclic) bond motifs is 6. The van der Waals surface area contributed by atoms with E-state index in [1.165, 1.54) is 38.2 Å². The van der Waals surface area contributed by atoms with Crippen molar-refractivity contribution in [3.63, 3.8) is 0 Å². The summed E-state index contributed by atoms with van der Waals surface area (Å²) in [5, 5.41) is 4.85. The van der Waals surface area contributed by atoms with Gasteiger partial charge in [0.15, 0.2) is 0 Å². The topological polar surface area (TPSA) is 74.3 Å². The minimum Gasteiger partial charge on any atom is -0.309 e. The highest BCUT2D eigenvalue weighted by atomic mass is 15.0. The highest BCUT2D eigenvalue weighted by Gasteiger charge is 2.18. The van der Waals surface area contributed by atoms with E-state index in [2.05, 4.69) is 217 Å². The van der Waals surface area contributed by atoms with E-state index < -0.39 is 0 Å². The van der Waals surface area contributed by atoms with Crippen LogP contribution >= 0.6 is 0 Å². The summed E-state index contributed by atoms with van der Waals surface area (Å²) in [6.45, 7) is 0. The van der Waals surface area contributed by atoms with Crippen molar-refractivity contribution in [2.45, 2.75) is 0 Å². The number of nitrogens with zero attached hydrogens (tertiary/aromatic N) is 7. The minimum absolute atomic E-state index is 0.895. The second-order valence-electron chi connectivity index (χ2n) is 18.6. The molecule has 0 amide bonds. The van der Waals surface area contributed by atoms with Crippen molar-refractivity contribution < 1.29 is 0 Å². The average Bonchev–Trinajstić information content (AvgIpc) is 4.02. The van der Waals surface area contributed by atoms with E-state index in [1.54, 1.807) is 0 Å². The third-order valence-corrected chi connectivity index (χ3v) is 14.3. The van der Waals surface area contributed by atoms with Crippen molar-refractivity contribution in [2.75, 3.05) is 0 Å². The van der Waals surface area contributed by atoms with Gasteiger partial charge in [0.05, 0.1) is 33.5 Å². The number of pyridine rings is 5. The summed E-state index contributed by atoms with van der Waals surface area (Å²) >= 11 is 0. The number of para-hydroxylation sites is 2. The minimum atomic E-state index is 0.895. The lowest BCUT2D eigenvalue weighted by molar-refractivity contribution is 1.18. The zero-order valence-electron chi connectivity index (χ0n) is 40.0. The molecule has 7 heteroatoms. The Morgan fingerprint density at radius 2 is 0.527 bits per heavy atom. The van der Waals surface area contributed by atoms with Gasteiger partial charge in [0.2, 0.25) is 0 Å². The fourth-order valence-corrected chi connectivity index (χ4v) is 10.7. The molecule has 7 heterocycles. The maximum absolute atomic E-state index is 5.16. The zero-order chi connectivity index (χ0) is 49.0. The van der Waals surface area contributed by atoms with Crippen LogP contribution in [-0.2, 0) is 0 Å². The van der Waals surface area contributed by atoms with Crippen LogP contribution in [0.5, 0.6) is 0 Å². The summed E-state index contributed by atoms with van der Waals surface area (Å²) in [4.78, 5) is 22.2. The Labute approximate surface area is 427 Å². The number of rotatable bonds is 9. The first-order valence-electron chi connectivity index (χ1n) is 24.7. The third kappa shape index (κ3) is 7.59. The summed E-state index contributed by atoms with van der Waals surface area (Å²) in [5.41, 5.74) is 22.0. The van der Waals surface area contributed by atoms with Gasteiger partial charge >= 0.3 is 0 Å². The van der Waals surface area contributed by atoms with Crippen molar-refractivity contribution in [1.29, 1.82) is 0 Å². The predicted molar refractivity (Wildman–Crippen MR) is 302 cm³/mol. The smallest absolute Gasteiger partial charge is 0.0716 e. The number of hydrogen-bond acceptors (Lipinski definition) is 5. The first-order chi connectivity index (χ1) is 36.7. The molecule has 7 aromatic heterocycles. The predicted octanol–water partition coefficient (Wildman–Crippen LogP) is 16.5. The Balaban J connectivity index is 0.814. The van der Waals surface area contributed by atoms with Crippen LogP contribution in [0.3, 0.4) is 0 Å². The van der Waals surface area contributed by atoms with Crippen LogP contribution in [-0.4, -0.2) is 34.1 Å². The molecule has 346 valence electrons. The van der Waals surface area contributed by atoms with Gasteiger partial charge in [-0.1, -0.05) is 72.8 Å². The van der Waals surface area contributed by atoms with Gasteiger partial charge in [-0.15, -0.1) is 0 Å². The maximum atomic E-state index is 5.16. The van der Waals surface area contributed by atoms with Gasteiger partial charge in [0, 0.05) is 93.6 Å². The molecule has 0 radical (unpaired) electrons. The van der Waals surface area contributed by atoms with E-state index in [-0.39, 0.29) is 0 Å². The van der Waals surface area contributed by atoms with Gasteiger partial charge in [-0.2, -0.15) is 0 Å². The van der Waals surface area contributed by atoms with Gasteiger partial charge in [0.1, 0.15) is 0 Å². The molecule has 14 aromatic rings. The molecule has 7 aromatic carbocycles. The number of benzene rings is 7. The summed E-state index contributed by atoms with van der Waals surface area (Å²) in [7, 11) is 0. The van der Waals surface area contributed by atoms with E-state index in [1.807, 2.05) is 73.8 Å². The van der Waals surface area contributed by atoms with Gasteiger partial charge < -0.3 is 9.13 Å². The molecular formula is C67H43N7. The average molecular weight is 946 g/mol. The van der Waals surface area contributed by atoms with Crippen LogP contribution in [0.4, 0.5) is 0 Å². The Morgan fingerprint density at radius 3 is 0.946 bits per heavy atom. The molecule has 0 saturated carbocycles. The second kappa shape index (κ2) is 17.9. The fraction of sp³-hybridized carbons (Fsp3) is 0. The molecule has 14 rings (SSSR count). The lowest BCUT2D eigenvalue weighted by Crippen LogP contribution is -1.95. The summed E-state index contributed by atoms with van der Waals surface area (Å²) in [6.07, 6.45) is 14.7. The molecule has 0 bridgehead atoms. The molecule has 74 heavy (non-hydrogen) atoms. The standard InChI is InChI=1S/C67H43N7/c1-3-7-64-58(5-1)60-40-50(13-19-66(60)73(64)56-15-9-44(10-16-56)52-37-53(45-21-29-68-30-22-45)39-54(38-52)46-23-31-69-32-24-46)51-14-20-67-61(41-51)59-6-2-4-8-65(59)74(67)57-17-11-48(12-18-57)62-42-55(47-25-33-70-34-26-47)43-63(72-62)49-27-35-71-36-28-49/h1-43H. The number of aromatic nitrogens is 7. The molecular weight excluding hydrogens is 903 g/mol. The first kappa shape index (κ1) is 42.7. The van der Waals surface area contributed by atoms with Crippen molar-refractivity contribution in [1.82, 2.24) is 34.1 Å². The highest BCUT2D eigenvalue weighted by molar-refractivity contribution is 6.13. The van der Waals surface area contributed by atoms with E-state index in [0.29, 0.717) is 0 Å². The SMILES string of the molecule is c1ccc2c(c1)c1cc(-c3ccc4c(c3)c3ccccc3n4-c3ccc(-c4cc(-c5ccncc5)cc(-c5ccncc5)n4)cc3)ccc1n2-c1ccc(-c2cc(-c3ccncc3)cc(-c3ccncc3)c2)cc1. The first-order valence-corrected chi connectivity index (χ1v) is 24.7. The monoisotopic (exact) mass is 945 g/mol. The molecule has 0 atom stereocenters. The largest absolute Gasteiger partial charge is 0.309 e. The molecule has 0 aliphatic rings. The lowest BCUT2D eigenvalue weighted by atomic mass is 9.94. The van der Waals surface area contributed by atoms with E-state index in [4.69, 9.17) is 4.98 Å². The molecule has 0 saturated heterocycles. The third-order valence-electron chi connectivity index (χ3n) is 14.3. The van der Waals surface area contributed by atoms with Gasteiger partial charge in [-0.25, -0.2) is 4.98 Å². The molecule has 0 unspecified atom stereocenters. The van der Waals surface area contributed by atoms with E-state index in [9.17, 15) is 0 Å². The Morgan fingerprint density at radius 1 is 0.216 bits per heavy atom. The molecule has 0 aliphatic heterocycles. The van der Waals surface area contributed by atoms with Crippen molar-refractivity contribution in [3.8, 4) is 89.5 Å². The van der Waals surface area contributed by atoms with Crippen LogP contribution in [0.1, 0.15) is 0 Å². The van der Waals surface area contributed by atoms with Gasteiger partial charge in [0.25, 0.3) is 0 Å². The Hall–Kier alpha value is -10.1. The normalized spacial score (nSPS) is 11.5. The highest BCUT2D eigenvalue weighted by Crippen LogP contribution is 2.40. The maximum Gasteiger partial charge on any atom is 0.0716 e. The van der Waals surface area contributed by atoms with Crippen molar-refractivity contribution in [3.05, 3.63) is 262 Å². The molecule has 7 nitrogen and oxygen atoms in total. The zero-order valence-corrected chi connectivity index (χ0v) is 40.0. The molecule has 0 spiro atoms. The van der Waals surface area contributed by atoms with Crippen LogP contribution in [0.25, 0.3) is 133 Å². The van der Waals surface area contributed by atoms with Gasteiger partial charge in [-0.05, 0) is 195 Å². The summed E-state index contributed by atoms with van der Waals surface area (Å²) in [6, 6.07) is 76.5. The summed E-state index contributed by atoms with van der Waals surface area (Å²) in [5.74, 6) is 0. The quantitative estimate of drug-likeness (QED) is 0.144. The van der Waals surface area contributed by atoms with Crippen molar-refractivity contribution in [2.24, 2.45) is 0 Å². The van der Waals surface area contributed by atoms with Crippen LogP contribution in [0.2, 0.25) is 0 Å². The Bertz CT molecular complexity index is 3980.